The topological polar surface area (TPSA) is 32.7 Å². The van der Waals surface area contributed by atoms with Crippen molar-refractivity contribution in [2.45, 2.75) is 50.9 Å². The lowest BCUT2D eigenvalue weighted by atomic mass is 9.85. The van der Waals surface area contributed by atoms with Gasteiger partial charge >= 0.3 is 0 Å². The SMILES string of the molecule is COC(c1cccc2c1CCCC2O)N1CCCCC1. The van der Waals surface area contributed by atoms with Crippen LogP contribution in [0.3, 0.4) is 0 Å². The Balaban J connectivity index is 1.93. The van der Waals surface area contributed by atoms with E-state index in [2.05, 4.69) is 23.1 Å². The first-order valence-corrected chi connectivity index (χ1v) is 7.88. The molecule has 1 aliphatic heterocycles. The normalized spacial score (nSPS) is 25.2. The number of rotatable bonds is 3. The van der Waals surface area contributed by atoms with Gasteiger partial charge in [0.25, 0.3) is 0 Å². The van der Waals surface area contributed by atoms with E-state index in [1.165, 1.54) is 30.4 Å². The van der Waals surface area contributed by atoms with Gasteiger partial charge in [0.15, 0.2) is 0 Å². The molecule has 0 saturated carbocycles. The van der Waals surface area contributed by atoms with Crippen molar-refractivity contribution in [2.24, 2.45) is 0 Å². The van der Waals surface area contributed by atoms with Gasteiger partial charge in [-0.05, 0) is 48.8 Å². The van der Waals surface area contributed by atoms with E-state index in [0.29, 0.717) is 0 Å². The van der Waals surface area contributed by atoms with Gasteiger partial charge < -0.3 is 9.84 Å². The summed E-state index contributed by atoms with van der Waals surface area (Å²) < 4.78 is 5.82. The highest BCUT2D eigenvalue weighted by molar-refractivity contribution is 5.39. The molecule has 1 aromatic rings. The molecular weight excluding hydrogens is 250 g/mol. The fourth-order valence-corrected chi connectivity index (χ4v) is 3.71. The monoisotopic (exact) mass is 275 g/mol. The highest BCUT2D eigenvalue weighted by Gasteiger charge is 2.27. The Kier molecular flexibility index (Phi) is 4.39. The van der Waals surface area contributed by atoms with Gasteiger partial charge in [0.05, 0.1) is 6.10 Å². The number of piperidine rings is 1. The number of fused-ring (bicyclic) bond motifs is 1. The second-order valence-corrected chi connectivity index (χ2v) is 6.01. The molecule has 20 heavy (non-hydrogen) atoms. The summed E-state index contributed by atoms with van der Waals surface area (Å²) >= 11 is 0. The van der Waals surface area contributed by atoms with Crippen LogP contribution in [0.2, 0.25) is 0 Å². The summed E-state index contributed by atoms with van der Waals surface area (Å²) in [6, 6.07) is 6.32. The molecule has 0 bridgehead atoms. The molecule has 0 radical (unpaired) electrons. The van der Waals surface area contributed by atoms with Crippen molar-refractivity contribution in [1.29, 1.82) is 0 Å². The van der Waals surface area contributed by atoms with Gasteiger partial charge in [-0.2, -0.15) is 0 Å². The molecule has 1 heterocycles. The van der Waals surface area contributed by atoms with Crippen molar-refractivity contribution < 1.29 is 9.84 Å². The summed E-state index contributed by atoms with van der Waals surface area (Å²) in [4.78, 5) is 2.44. The molecule has 0 amide bonds. The number of ether oxygens (including phenoxy) is 1. The Hall–Kier alpha value is -0.900. The first-order chi connectivity index (χ1) is 9.81. The predicted molar refractivity (Wildman–Crippen MR) is 79.5 cm³/mol. The van der Waals surface area contributed by atoms with E-state index in [-0.39, 0.29) is 12.3 Å². The smallest absolute Gasteiger partial charge is 0.136 e. The number of methoxy groups -OCH3 is 1. The zero-order valence-corrected chi connectivity index (χ0v) is 12.3. The maximum Gasteiger partial charge on any atom is 0.136 e. The quantitative estimate of drug-likeness (QED) is 0.919. The third kappa shape index (κ3) is 2.62. The van der Waals surface area contributed by atoms with Gasteiger partial charge in [0.1, 0.15) is 6.23 Å². The summed E-state index contributed by atoms with van der Waals surface area (Å²) in [5, 5.41) is 10.2. The minimum absolute atomic E-state index is 0.0514. The molecule has 0 aromatic heterocycles. The van der Waals surface area contributed by atoms with Gasteiger partial charge in [-0.25, -0.2) is 0 Å². The van der Waals surface area contributed by atoms with E-state index in [1.54, 1.807) is 7.11 Å². The fourth-order valence-electron chi connectivity index (χ4n) is 3.71. The van der Waals surface area contributed by atoms with Crippen molar-refractivity contribution >= 4 is 0 Å². The molecule has 2 unspecified atom stereocenters. The van der Waals surface area contributed by atoms with Gasteiger partial charge in [-0.3, -0.25) is 4.90 Å². The standard InChI is InChI=1S/C17H25NO2/c1-20-17(18-11-3-2-4-12-18)15-9-5-8-14-13(15)7-6-10-16(14)19/h5,8-9,16-17,19H,2-4,6-7,10-12H2,1H3. The van der Waals surface area contributed by atoms with Crippen LogP contribution >= 0.6 is 0 Å². The molecule has 3 nitrogen and oxygen atoms in total. The average molecular weight is 275 g/mol. The van der Waals surface area contributed by atoms with Gasteiger partial charge in [-0.1, -0.05) is 24.6 Å². The van der Waals surface area contributed by atoms with Crippen LogP contribution < -0.4 is 0 Å². The average Bonchev–Trinajstić information content (AvgIpc) is 2.50. The third-order valence-corrected chi connectivity index (χ3v) is 4.72. The molecule has 1 N–H and O–H groups in total. The molecule has 0 spiro atoms. The van der Waals surface area contributed by atoms with Crippen LogP contribution in [-0.4, -0.2) is 30.2 Å². The Bertz CT molecular complexity index is 454. The summed E-state index contributed by atoms with van der Waals surface area (Å²) in [6.07, 6.45) is 6.64. The third-order valence-electron chi connectivity index (χ3n) is 4.72. The Morgan fingerprint density at radius 3 is 2.75 bits per heavy atom. The van der Waals surface area contributed by atoms with Crippen molar-refractivity contribution in [2.75, 3.05) is 20.2 Å². The van der Waals surface area contributed by atoms with Crippen LogP contribution in [0.1, 0.15) is 61.1 Å². The number of aliphatic hydroxyl groups excluding tert-OH is 1. The fraction of sp³-hybridized carbons (Fsp3) is 0.647. The largest absolute Gasteiger partial charge is 0.388 e. The number of likely N-dealkylation sites (tertiary alicyclic amines) is 1. The summed E-state index contributed by atoms with van der Waals surface area (Å²) in [7, 11) is 1.80. The van der Waals surface area contributed by atoms with Crippen LogP contribution in [0.15, 0.2) is 18.2 Å². The molecule has 1 saturated heterocycles. The second kappa shape index (κ2) is 6.25. The highest BCUT2D eigenvalue weighted by Crippen LogP contribution is 2.36. The number of aliphatic hydroxyl groups is 1. The molecule has 1 fully saturated rings. The minimum atomic E-state index is -0.294. The minimum Gasteiger partial charge on any atom is -0.388 e. The first-order valence-electron chi connectivity index (χ1n) is 7.88. The zero-order chi connectivity index (χ0) is 13.9. The van der Waals surface area contributed by atoms with Crippen LogP contribution in [0, 0.1) is 0 Å². The number of benzene rings is 1. The van der Waals surface area contributed by atoms with Gasteiger partial charge in [-0.15, -0.1) is 0 Å². The Morgan fingerprint density at radius 1 is 1.20 bits per heavy atom. The maximum absolute atomic E-state index is 10.2. The molecule has 2 aliphatic rings. The first kappa shape index (κ1) is 14.1. The summed E-state index contributed by atoms with van der Waals surface area (Å²) in [5.74, 6) is 0. The molecule has 110 valence electrons. The molecule has 1 aliphatic carbocycles. The maximum atomic E-state index is 10.2. The number of hydrogen-bond acceptors (Lipinski definition) is 3. The lowest BCUT2D eigenvalue weighted by Gasteiger charge is -2.36. The predicted octanol–water partition coefficient (Wildman–Crippen LogP) is 3.19. The van der Waals surface area contributed by atoms with Crippen molar-refractivity contribution in [3.05, 3.63) is 34.9 Å². The highest BCUT2D eigenvalue weighted by atomic mass is 16.5. The summed E-state index contributed by atoms with van der Waals surface area (Å²) in [6.45, 7) is 2.23. The van der Waals surface area contributed by atoms with Crippen molar-refractivity contribution in [1.82, 2.24) is 4.90 Å². The summed E-state index contributed by atoms with van der Waals surface area (Å²) in [5.41, 5.74) is 3.71. The molecule has 1 aromatic carbocycles. The molecule has 3 heteroatoms. The van der Waals surface area contributed by atoms with Crippen LogP contribution in [0.5, 0.6) is 0 Å². The van der Waals surface area contributed by atoms with Crippen LogP contribution in [0.25, 0.3) is 0 Å². The molecule has 3 rings (SSSR count). The van der Waals surface area contributed by atoms with Crippen molar-refractivity contribution in [3.63, 3.8) is 0 Å². The Morgan fingerprint density at radius 2 is 2.00 bits per heavy atom. The Labute approximate surface area is 121 Å². The van der Waals surface area contributed by atoms with E-state index in [0.717, 1.165) is 37.9 Å². The van der Waals surface area contributed by atoms with Gasteiger partial charge in [0.2, 0.25) is 0 Å². The van der Waals surface area contributed by atoms with E-state index < -0.39 is 0 Å². The van der Waals surface area contributed by atoms with E-state index in [1.807, 2.05) is 0 Å². The van der Waals surface area contributed by atoms with E-state index >= 15 is 0 Å². The van der Waals surface area contributed by atoms with Crippen molar-refractivity contribution in [3.8, 4) is 0 Å². The number of hydrogen-bond donors (Lipinski definition) is 1. The molecular formula is C17H25NO2. The second-order valence-electron chi connectivity index (χ2n) is 6.01. The lowest BCUT2D eigenvalue weighted by molar-refractivity contribution is -0.0446. The lowest BCUT2D eigenvalue weighted by Crippen LogP contribution is -2.35. The number of nitrogens with zero attached hydrogens (tertiary/aromatic N) is 1. The molecule has 2 atom stereocenters. The van der Waals surface area contributed by atoms with Crippen LogP contribution in [-0.2, 0) is 11.2 Å². The van der Waals surface area contributed by atoms with E-state index in [9.17, 15) is 5.11 Å². The zero-order valence-electron chi connectivity index (χ0n) is 12.3. The van der Waals surface area contributed by atoms with Gasteiger partial charge in [0, 0.05) is 20.2 Å². The van der Waals surface area contributed by atoms with Crippen LogP contribution in [0.4, 0.5) is 0 Å². The van der Waals surface area contributed by atoms with E-state index in [4.69, 9.17) is 4.74 Å².